The fraction of sp³-hybridized carbons (Fsp3) is 0.389. The lowest BCUT2D eigenvalue weighted by Crippen LogP contribution is -2.43. The van der Waals surface area contributed by atoms with E-state index in [0.29, 0.717) is 18.7 Å². The van der Waals surface area contributed by atoms with Crippen LogP contribution in [0.5, 0.6) is 0 Å². The van der Waals surface area contributed by atoms with Crippen molar-refractivity contribution in [1.29, 1.82) is 0 Å². The first kappa shape index (κ1) is 17.0. The lowest BCUT2D eigenvalue weighted by molar-refractivity contribution is -0.117. The van der Waals surface area contributed by atoms with Gasteiger partial charge in [0.05, 0.1) is 18.3 Å². The van der Waals surface area contributed by atoms with Gasteiger partial charge in [0.15, 0.2) is 5.76 Å². The molecule has 0 saturated carbocycles. The molecule has 2 N–H and O–H groups in total. The maximum atomic E-state index is 12.1. The summed E-state index contributed by atoms with van der Waals surface area (Å²) < 4.78 is 5.18. The lowest BCUT2D eigenvalue weighted by Gasteiger charge is -2.17. The minimum absolute atomic E-state index is 0.00769. The first-order valence-corrected chi connectivity index (χ1v) is 8.38. The van der Waals surface area contributed by atoms with Crippen LogP contribution in [0.25, 0.3) is 0 Å². The molecule has 1 fully saturated rings. The fourth-order valence-corrected chi connectivity index (χ4v) is 2.75. The van der Waals surface area contributed by atoms with Gasteiger partial charge in [-0.3, -0.25) is 4.79 Å². The maximum absolute atomic E-state index is 12.1. The molecule has 2 aromatic rings. The Kier molecular flexibility index (Phi) is 5.02. The van der Waals surface area contributed by atoms with Crippen molar-refractivity contribution < 1.29 is 14.1 Å². The van der Waals surface area contributed by atoms with E-state index in [1.807, 2.05) is 50.2 Å². The molecule has 3 rings (SSSR count). The lowest BCUT2D eigenvalue weighted by atomic mass is 10.1. The van der Waals surface area contributed by atoms with Crippen molar-refractivity contribution in [3.63, 3.8) is 0 Å². The third-order valence-corrected chi connectivity index (χ3v) is 4.12. The van der Waals surface area contributed by atoms with Gasteiger partial charge in [-0.15, -0.1) is 0 Å². The molecular formula is C18H22N4O3. The number of carbonyl (C=O) groups excluding carboxylic acids is 2. The first-order chi connectivity index (χ1) is 12.0. The van der Waals surface area contributed by atoms with Crippen LogP contribution in [0.3, 0.4) is 0 Å². The molecule has 0 radical (unpaired) electrons. The fourth-order valence-electron chi connectivity index (χ4n) is 2.75. The standard InChI is InChI=1S/C18H22N4O3/c1-12(2)16-9-15(25-21-16)10-19-18(24)20-13-8-17(23)22(11-13)14-6-4-3-5-7-14/h3-7,9,12-13H,8,10-11H2,1-2H3,(H2,19,20,24)/t13-/m1/s1. The topological polar surface area (TPSA) is 87.5 Å². The molecule has 0 bridgehead atoms. The second kappa shape index (κ2) is 7.38. The highest BCUT2D eigenvalue weighted by Crippen LogP contribution is 2.21. The summed E-state index contributed by atoms with van der Waals surface area (Å²) in [6.07, 6.45) is 0.294. The Morgan fingerprint density at radius 3 is 2.80 bits per heavy atom. The van der Waals surface area contributed by atoms with Gasteiger partial charge >= 0.3 is 6.03 Å². The second-order valence-corrected chi connectivity index (χ2v) is 6.44. The van der Waals surface area contributed by atoms with Gasteiger partial charge in [0.2, 0.25) is 5.91 Å². The summed E-state index contributed by atoms with van der Waals surface area (Å²) in [6.45, 7) is 4.78. The van der Waals surface area contributed by atoms with E-state index in [0.717, 1.165) is 11.4 Å². The van der Waals surface area contributed by atoms with E-state index in [2.05, 4.69) is 15.8 Å². The van der Waals surface area contributed by atoms with Gasteiger partial charge in [-0.05, 0) is 18.1 Å². The van der Waals surface area contributed by atoms with Gasteiger partial charge in [0, 0.05) is 24.7 Å². The molecule has 25 heavy (non-hydrogen) atoms. The molecule has 1 aliphatic heterocycles. The Labute approximate surface area is 146 Å². The number of benzene rings is 1. The van der Waals surface area contributed by atoms with Gasteiger partial charge in [-0.25, -0.2) is 4.79 Å². The number of hydrogen-bond acceptors (Lipinski definition) is 4. The van der Waals surface area contributed by atoms with Crippen LogP contribution in [-0.2, 0) is 11.3 Å². The van der Waals surface area contributed by atoms with Gasteiger partial charge in [-0.2, -0.15) is 0 Å². The molecule has 1 aromatic carbocycles. The number of nitrogens with one attached hydrogen (secondary N) is 2. The van der Waals surface area contributed by atoms with Crippen molar-refractivity contribution >= 4 is 17.6 Å². The van der Waals surface area contributed by atoms with Crippen molar-refractivity contribution in [3.8, 4) is 0 Å². The van der Waals surface area contributed by atoms with Crippen LogP contribution in [0.15, 0.2) is 40.9 Å². The Bertz CT molecular complexity index is 742. The van der Waals surface area contributed by atoms with Crippen molar-refractivity contribution in [3.05, 3.63) is 47.9 Å². The largest absolute Gasteiger partial charge is 0.359 e. The van der Waals surface area contributed by atoms with Crippen LogP contribution in [0, 0.1) is 0 Å². The Morgan fingerprint density at radius 1 is 1.36 bits per heavy atom. The van der Waals surface area contributed by atoms with Gasteiger partial charge in [0.25, 0.3) is 0 Å². The summed E-state index contributed by atoms with van der Waals surface area (Å²) in [4.78, 5) is 25.9. The molecule has 0 aliphatic carbocycles. The van der Waals surface area contributed by atoms with Crippen molar-refractivity contribution in [2.75, 3.05) is 11.4 Å². The predicted octanol–water partition coefficient (Wildman–Crippen LogP) is 2.40. The number of hydrogen-bond donors (Lipinski definition) is 2. The van der Waals surface area contributed by atoms with E-state index in [-0.39, 0.29) is 30.4 Å². The highest BCUT2D eigenvalue weighted by atomic mass is 16.5. The van der Waals surface area contributed by atoms with E-state index in [1.54, 1.807) is 4.90 Å². The summed E-state index contributed by atoms with van der Waals surface area (Å²) in [5, 5.41) is 9.52. The summed E-state index contributed by atoms with van der Waals surface area (Å²) in [5.74, 6) is 0.889. The second-order valence-electron chi connectivity index (χ2n) is 6.44. The third-order valence-electron chi connectivity index (χ3n) is 4.12. The normalized spacial score (nSPS) is 17.2. The van der Waals surface area contributed by atoms with E-state index in [4.69, 9.17) is 4.52 Å². The minimum Gasteiger partial charge on any atom is -0.359 e. The zero-order valence-electron chi connectivity index (χ0n) is 14.4. The molecule has 1 aromatic heterocycles. The SMILES string of the molecule is CC(C)c1cc(CNC(=O)N[C@@H]2CC(=O)N(c3ccccc3)C2)on1. The molecular weight excluding hydrogens is 320 g/mol. The third kappa shape index (κ3) is 4.17. The Hall–Kier alpha value is -2.83. The Balaban J connectivity index is 1.49. The highest BCUT2D eigenvalue weighted by molar-refractivity contribution is 5.96. The van der Waals surface area contributed by atoms with Crippen molar-refractivity contribution in [2.24, 2.45) is 0 Å². The van der Waals surface area contributed by atoms with Crippen LogP contribution in [0.4, 0.5) is 10.5 Å². The van der Waals surface area contributed by atoms with Gasteiger partial charge in [-0.1, -0.05) is 37.2 Å². The number of urea groups is 1. The zero-order valence-corrected chi connectivity index (χ0v) is 14.4. The van der Waals surface area contributed by atoms with Crippen LogP contribution in [0.1, 0.15) is 37.6 Å². The average Bonchev–Trinajstić information content (AvgIpc) is 3.20. The quantitative estimate of drug-likeness (QED) is 0.873. The zero-order chi connectivity index (χ0) is 17.8. The number of amides is 3. The molecule has 1 saturated heterocycles. The van der Waals surface area contributed by atoms with Gasteiger partial charge in [0.1, 0.15) is 0 Å². The number of nitrogens with zero attached hydrogens (tertiary/aromatic N) is 2. The molecule has 0 spiro atoms. The molecule has 132 valence electrons. The van der Waals surface area contributed by atoms with Crippen LogP contribution >= 0.6 is 0 Å². The maximum Gasteiger partial charge on any atom is 0.315 e. The molecule has 2 heterocycles. The molecule has 1 aliphatic rings. The summed E-state index contributed by atoms with van der Waals surface area (Å²) in [7, 11) is 0. The molecule has 0 unspecified atom stereocenters. The molecule has 7 nitrogen and oxygen atoms in total. The number of para-hydroxylation sites is 1. The van der Waals surface area contributed by atoms with Crippen molar-refractivity contribution in [1.82, 2.24) is 15.8 Å². The number of carbonyl (C=O) groups is 2. The Morgan fingerprint density at radius 2 is 2.12 bits per heavy atom. The van der Waals surface area contributed by atoms with Crippen LogP contribution in [-0.4, -0.2) is 29.7 Å². The van der Waals surface area contributed by atoms with E-state index in [1.165, 1.54) is 0 Å². The van der Waals surface area contributed by atoms with Crippen molar-refractivity contribution in [2.45, 2.75) is 38.8 Å². The summed E-state index contributed by atoms with van der Waals surface area (Å²) in [6, 6.07) is 10.7. The smallest absolute Gasteiger partial charge is 0.315 e. The van der Waals surface area contributed by atoms with E-state index < -0.39 is 0 Å². The molecule has 7 heteroatoms. The van der Waals surface area contributed by atoms with Gasteiger partial charge < -0.3 is 20.1 Å². The monoisotopic (exact) mass is 342 g/mol. The first-order valence-electron chi connectivity index (χ1n) is 8.38. The summed E-state index contributed by atoms with van der Waals surface area (Å²) >= 11 is 0. The number of anilines is 1. The van der Waals surface area contributed by atoms with E-state index in [9.17, 15) is 9.59 Å². The molecule has 1 atom stereocenters. The minimum atomic E-state index is -0.324. The number of aromatic nitrogens is 1. The highest BCUT2D eigenvalue weighted by Gasteiger charge is 2.31. The molecule has 3 amide bonds. The van der Waals surface area contributed by atoms with Crippen LogP contribution in [0.2, 0.25) is 0 Å². The summed E-state index contributed by atoms with van der Waals surface area (Å²) in [5.41, 5.74) is 1.71. The van der Waals surface area contributed by atoms with E-state index >= 15 is 0 Å². The average molecular weight is 342 g/mol. The van der Waals surface area contributed by atoms with Crippen LogP contribution < -0.4 is 15.5 Å². The number of rotatable bonds is 5. The predicted molar refractivity (Wildman–Crippen MR) is 93.2 cm³/mol.